The summed E-state index contributed by atoms with van der Waals surface area (Å²) in [5.74, 6) is -1.28. The van der Waals surface area contributed by atoms with E-state index in [1.807, 2.05) is 0 Å². The fraction of sp³-hybridized carbons (Fsp3) is 0.500. The summed E-state index contributed by atoms with van der Waals surface area (Å²) in [7, 11) is -7.75. The number of hydrogen-bond acceptors (Lipinski definition) is 5. The van der Waals surface area contributed by atoms with Gasteiger partial charge in [-0.3, -0.25) is 4.79 Å². The van der Waals surface area contributed by atoms with Gasteiger partial charge in [0.15, 0.2) is 9.84 Å². The molecule has 0 unspecified atom stereocenters. The maximum absolute atomic E-state index is 12.8. The third kappa shape index (κ3) is 4.30. The van der Waals surface area contributed by atoms with E-state index in [2.05, 4.69) is 0 Å². The molecule has 1 aromatic carbocycles. The molecule has 0 heterocycles. The lowest BCUT2D eigenvalue weighted by molar-refractivity contribution is -0.137. The molecule has 23 heavy (non-hydrogen) atoms. The number of nitrogens with zero attached hydrogens (tertiary/aromatic N) is 1. The fourth-order valence-electron chi connectivity index (χ4n) is 2.25. The molecule has 0 fully saturated rings. The molecule has 0 saturated carbocycles. The van der Waals surface area contributed by atoms with Gasteiger partial charge in [0.05, 0.1) is 9.79 Å². The third-order valence-electron chi connectivity index (χ3n) is 3.31. The Hall–Kier alpha value is -1.45. The summed E-state index contributed by atoms with van der Waals surface area (Å²) in [6, 6.07) is 2.18. The number of aliphatic carboxylic acids is 1. The lowest BCUT2D eigenvalue weighted by Crippen LogP contribution is -2.41. The molecule has 130 valence electrons. The zero-order valence-electron chi connectivity index (χ0n) is 13.7. The third-order valence-corrected chi connectivity index (χ3v) is 6.68. The summed E-state index contributed by atoms with van der Waals surface area (Å²) in [6.07, 6.45) is 1.00. The van der Waals surface area contributed by atoms with E-state index in [0.717, 1.165) is 10.6 Å². The van der Waals surface area contributed by atoms with Crippen LogP contribution in [0.4, 0.5) is 0 Å². The van der Waals surface area contributed by atoms with E-state index >= 15 is 0 Å². The van der Waals surface area contributed by atoms with Gasteiger partial charge < -0.3 is 5.11 Å². The van der Waals surface area contributed by atoms with E-state index in [1.54, 1.807) is 20.8 Å². The molecular weight excluding hydrogens is 342 g/mol. The van der Waals surface area contributed by atoms with Crippen LogP contribution in [0.15, 0.2) is 21.9 Å². The van der Waals surface area contributed by atoms with Crippen molar-refractivity contribution in [3.63, 3.8) is 0 Å². The Labute approximate surface area is 136 Å². The number of benzene rings is 1. The Kier molecular flexibility index (Phi) is 5.61. The summed E-state index contributed by atoms with van der Waals surface area (Å²) in [5.41, 5.74) is 0.558. The second kappa shape index (κ2) is 6.58. The predicted octanol–water partition coefficient (Wildman–Crippen LogP) is 1.19. The van der Waals surface area contributed by atoms with Crippen LogP contribution in [0, 0.1) is 13.8 Å². The van der Waals surface area contributed by atoms with Crippen molar-refractivity contribution < 1.29 is 26.7 Å². The van der Waals surface area contributed by atoms with Gasteiger partial charge in [-0.05, 0) is 51.0 Å². The Bertz CT molecular complexity index is 825. The van der Waals surface area contributed by atoms with Gasteiger partial charge >= 0.3 is 5.97 Å². The van der Waals surface area contributed by atoms with E-state index in [4.69, 9.17) is 5.11 Å². The van der Waals surface area contributed by atoms with E-state index in [0.29, 0.717) is 5.56 Å². The van der Waals surface area contributed by atoms with Crippen molar-refractivity contribution in [3.05, 3.63) is 23.3 Å². The second-order valence-electron chi connectivity index (χ2n) is 5.70. The van der Waals surface area contributed by atoms with Crippen LogP contribution < -0.4 is 0 Å². The van der Waals surface area contributed by atoms with Gasteiger partial charge in [-0.2, -0.15) is 4.31 Å². The molecule has 0 atom stereocenters. The van der Waals surface area contributed by atoms with E-state index in [1.165, 1.54) is 19.1 Å². The van der Waals surface area contributed by atoms with Crippen LogP contribution in [-0.4, -0.2) is 51.1 Å². The maximum Gasteiger partial charge on any atom is 0.318 e. The van der Waals surface area contributed by atoms with Gasteiger partial charge in [0.2, 0.25) is 10.0 Å². The number of carboxylic acid groups (broad SMARTS) is 1. The molecule has 1 aromatic rings. The minimum absolute atomic E-state index is 0.0740. The molecule has 1 N–H and O–H groups in total. The lowest BCUT2D eigenvalue weighted by Gasteiger charge is -2.25. The predicted molar refractivity (Wildman–Crippen MR) is 85.7 cm³/mol. The lowest BCUT2D eigenvalue weighted by atomic mass is 10.2. The average Bonchev–Trinajstić information content (AvgIpc) is 2.36. The summed E-state index contributed by atoms with van der Waals surface area (Å²) < 4.78 is 50.2. The smallest absolute Gasteiger partial charge is 0.318 e. The summed E-state index contributed by atoms with van der Waals surface area (Å²) >= 11 is 0. The van der Waals surface area contributed by atoms with Crippen molar-refractivity contribution in [1.82, 2.24) is 4.31 Å². The highest BCUT2D eigenvalue weighted by Gasteiger charge is 2.32. The molecular formula is C14H21NO6S2. The van der Waals surface area contributed by atoms with Crippen molar-refractivity contribution in [3.8, 4) is 0 Å². The van der Waals surface area contributed by atoms with Crippen molar-refractivity contribution in [2.45, 2.75) is 43.5 Å². The molecule has 7 nitrogen and oxygen atoms in total. The highest BCUT2D eigenvalue weighted by Crippen LogP contribution is 2.28. The largest absolute Gasteiger partial charge is 0.480 e. The van der Waals surface area contributed by atoms with Crippen LogP contribution in [0.1, 0.15) is 25.0 Å². The van der Waals surface area contributed by atoms with E-state index in [9.17, 15) is 21.6 Å². The summed E-state index contributed by atoms with van der Waals surface area (Å²) in [5, 5.41) is 8.95. The van der Waals surface area contributed by atoms with Crippen LogP contribution in [0.5, 0.6) is 0 Å². The highest BCUT2D eigenvalue weighted by atomic mass is 32.2. The number of sulfone groups is 1. The van der Waals surface area contributed by atoms with Crippen LogP contribution in [0.2, 0.25) is 0 Å². The number of sulfonamides is 1. The molecule has 0 spiro atoms. The second-order valence-corrected chi connectivity index (χ2v) is 9.54. The van der Waals surface area contributed by atoms with Crippen molar-refractivity contribution in [1.29, 1.82) is 0 Å². The Morgan fingerprint density at radius 1 is 1.13 bits per heavy atom. The van der Waals surface area contributed by atoms with Crippen molar-refractivity contribution in [2.75, 3.05) is 12.8 Å². The molecule has 1 rings (SSSR count). The molecule has 0 aliphatic carbocycles. The summed E-state index contributed by atoms with van der Waals surface area (Å²) in [4.78, 5) is 10.7. The Balaban J connectivity index is 3.67. The zero-order chi connectivity index (χ0) is 18.2. The molecule has 0 aliphatic rings. The quantitative estimate of drug-likeness (QED) is 0.813. The van der Waals surface area contributed by atoms with Gasteiger partial charge in [0.25, 0.3) is 0 Å². The van der Waals surface area contributed by atoms with E-state index in [-0.39, 0.29) is 15.4 Å². The van der Waals surface area contributed by atoms with Crippen LogP contribution in [0.3, 0.4) is 0 Å². The Morgan fingerprint density at radius 2 is 1.61 bits per heavy atom. The minimum atomic E-state index is -4.14. The fourth-order valence-corrected chi connectivity index (χ4v) is 5.30. The zero-order valence-corrected chi connectivity index (χ0v) is 15.3. The van der Waals surface area contributed by atoms with Crippen LogP contribution >= 0.6 is 0 Å². The van der Waals surface area contributed by atoms with Crippen LogP contribution in [0.25, 0.3) is 0 Å². The first-order valence-electron chi connectivity index (χ1n) is 6.83. The van der Waals surface area contributed by atoms with Gasteiger partial charge in [-0.25, -0.2) is 16.8 Å². The van der Waals surface area contributed by atoms with Gasteiger partial charge in [0.1, 0.15) is 6.54 Å². The van der Waals surface area contributed by atoms with Gasteiger partial charge in [-0.15, -0.1) is 0 Å². The number of carbonyl (C=O) groups is 1. The molecule has 0 aromatic heterocycles. The highest BCUT2D eigenvalue weighted by molar-refractivity contribution is 7.91. The minimum Gasteiger partial charge on any atom is -0.480 e. The normalized spacial score (nSPS) is 12.8. The van der Waals surface area contributed by atoms with Crippen molar-refractivity contribution >= 4 is 25.8 Å². The number of rotatable bonds is 6. The van der Waals surface area contributed by atoms with Crippen molar-refractivity contribution in [2.24, 2.45) is 0 Å². The van der Waals surface area contributed by atoms with Gasteiger partial charge in [0, 0.05) is 12.3 Å². The molecule has 0 amide bonds. The first-order valence-corrected chi connectivity index (χ1v) is 10.2. The number of hydrogen-bond donors (Lipinski definition) is 1. The number of aryl methyl sites for hydroxylation is 1. The molecule has 0 aliphatic heterocycles. The SMILES string of the molecule is Cc1cc(S(C)(=O)=O)c(C)c(S(=O)(=O)N(CC(=O)O)C(C)C)c1. The average molecular weight is 363 g/mol. The standard InChI is InChI=1S/C14H21NO6S2/c1-9(2)15(8-14(16)17)23(20,21)13-7-10(3)6-12(11(13)4)22(5,18)19/h6-7,9H,8H2,1-5H3,(H,16,17). The monoisotopic (exact) mass is 363 g/mol. The van der Waals surface area contributed by atoms with Gasteiger partial charge in [-0.1, -0.05) is 0 Å². The molecule has 0 bridgehead atoms. The number of carboxylic acids is 1. The van der Waals surface area contributed by atoms with Crippen LogP contribution in [-0.2, 0) is 24.7 Å². The first-order chi connectivity index (χ1) is 10.3. The first kappa shape index (κ1) is 19.6. The summed E-state index contributed by atoms with van der Waals surface area (Å²) in [6.45, 7) is 5.42. The molecule has 0 radical (unpaired) electrons. The molecule has 9 heteroatoms. The Morgan fingerprint density at radius 3 is 2.00 bits per heavy atom. The molecule has 0 saturated heterocycles. The maximum atomic E-state index is 12.8. The topological polar surface area (TPSA) is 109 Å². The van der Waals surface area contributed by atoms with E-state index < -0.39 is 38.4 Å².